The summed E-state index contributed by atoms with van der Waals surface area (Å²) in [5.41, 5.74) is 1.94. The SMILES string of the molecule is O=C(Nc1cc2ccccc2cn1)c1ccc(CC2CCNC2)cc1. The summed E-state index contributed by atoms with van der Waals surface area (Å²) < 4.78 is 0. The third kappa shape index (κ3) is 3.69. The molecule has 1 amide bonds. The number of fused-ring (bicyclic) bond motifs is 1. The zero-order valence-corrected chi connectivity index (χ0v) is 14.0. The third-order valence-electron chi connectivity index (χ3n) is 4.78. The van der Waals surface area contributed by atoms with Crippen molar-refractivity contribution in [3.63, 3.8) is 0 Å². The number of carbonyl (C=O) groups is 1. The van der Waals surface area contributed by atoms with Gasteiger partial charge in [-0.3, -0.25) is 4.79 Å². The molecule has 4 nitrogen and oxygen atoms in total. The molecule has 3 aromatic rings. The summed E-state index contributed by atoms with van der Waals surface area (Å²) in [7, 11) is 0. The van der Waals surface area contributed by atoms with Gasteiger partial charge < -0.3 is 10.6 Å². The Bertz CT molecular complexity index is 883. The third-order valence-corrected chi connectivity index (χ3v) is 4.78. The highest BCUT2D eigenvalue weighted by Gasteiger charge is 2.15. The van der Waals surface area contributed by atoms with E-state index < -0.39 is 0 Å². The van der Waals surface area contributed by atoms with Crippen LogP contribution >= 0.6 is 0 Å². The molecule has 1 fully saturated rings. The second-order valence-corrected chi connectivity index (χ2v) is 6.63. The Balaban J connectivity index is 1.44. The van der Waals surface area contributed by atoms with E-state index in [1.807, 2.05) is 42.5 Å². The molecule has 25 heavy (non-hydrogen) atoms. The second-order valence-electron chi connectivity index (χ2n) is 6.63. The van der Waals surface area contributed by atoms with Crippen molar-refractivity contribution in [1.82, 2.24) is 10.3 Å². The fourth-order valence-electron chi connectivity index (χ4n) is 3.35. The number of nitrogens with one attached hydrogen (secondary N) is 2. The first-order chi connectivity index (χ1) is 12.3. The normalized spacial score (nSPS) is 16.9. The van der Waals surface area contributed by atoms with Gasteiger partial charge in [0.05, 0.1) is 0 Å². The van der Waals surface area contributed by atoms with Gasteiger partial charge in [0.25, 0.3) is 5.91 Å². The number of aromatic nitrogens is 1. The molecule has 1 atom stereocenters. The fraction of sp³-hybridized carbons (Fsp3) is 0.238. The van der Waals surface area contributed by atoms with Gasteiger partial charge in [-0.25, -0.2) is 4.98 Å². The number of benzene rings is 2. The summed E-state index contributed by atoms with van der Waals surface area (Å²) in [4.78, 5) is 16.8. The van der Waals surface area contributed by atoms with E-state index in [1.54, 1.807) is 6.20 Å². The minimum atomic E-state index is -0.128. The summed E-state index contributed by atoms with van der Waals surface area (Å²) in [6, 6.07) is 17.8. The van der Waals surface area contributed by atoms with Crippen LogP contribution in [-0.4, -0.2) is 24.0 Å². The first-order valence-electron chi connectivity index (χ1n) is 8.74. The van der Waals surface area contributed by atoms with E-state index in [0.717, 1.165) is 30.3 Å². The molecule has 0 spiro atoms. The zero-order chi connectivity index (χ0) is 17.1. The van der Waals surface area contributed by atoms with E-state index in [9.17, 15) is 4.79 Å². The molecule has 4 rings (SSSR count). The van der Waals surface area contributed by atoms with Gasteiger partial charge in [0.1, 0.15) is 5.82 Å². The molecule has 0 bridgehead atoms. The molecule has 0 radical (unpaired) electrons. The van der Waals surface area contributed by atoms with E-state index in [1.165, 1.54) is 12.0 Å². The number of hydrogen-bond acceptors (Lipinski definition) is 3. The van der Waals surface area contributed by atoms with Crippen LogP contribution in [0.1, 0.15) is 22.3 Å². The maximum Gasteiger partial charge on any atom is 0.256 e. The molecule has 2 N–H and O–H groups in total. The molecule has 2 heterocycles. The lowest BCUT2D eigenvalue weighted by atomic mass is 9.98. The number of nitrogens with zero attached hydrogens (tertiary/aromatic N) is 1. The van der Waals surface area contributed by atoms with Gasteiger partial charge in [0, 0.05) is 17.1 Å². The number of anilines is 1. The predicted octanol–water partition coefficient (Wildman–Crippen LogP) is 3.64. The minimum absolute atomic E-state index is 0.128. The van der Waals surface area contributed by atoms with Crippen LogP contribution < -0.4 is 10.6 Å². The molecule has 1 aromatic heterocycles. The lowest BCUT2D eigenvalue weighted by Gasteiger charge is -2.09. The van der Waals surface area contributed by atoms with Crippen molar-refractivity contribution in [3.05, 3.63) is 71.9 Å². The smallest absolute Gasteiger partial charge is 0.256 e. The maximum absolute atomic E-state index is 12.4. The van der Waals surface area contributed by atoms with Crippen LogP contribution in [0, 0.1) is 5.92 Å². The van der Waals surface area contributed by atoms with Gasteiger partial charge in [0.15, 0.2) is 0 Å². The van der Waals surface area contributed by atoms with Crippen LogP contribution in [0.2, 0.25) is 0 Å². The molecule has 1 saturated heterocycles. The van der Waals surface area contributed by atoms with E-state index in [4.69, 9.17) is 0 Å². The summed E-state index contributed by atoms with van der Waals surface area (Å²) >= 11 is 0. The average molecular weight is 331 g/mol. The molecule has 0 saturated carbocycles. The lowest BCUT2D eigenvalue weighted by molar-refractivity contribution is 0.102. The van der Waals surface area contributed by atoms with E-state index >= 15 is 0 Å². The summed E-state index contributed by atoms with van der Waals surface area (Å²) in [6.45, 7) is 2.21. The Morgan fingerprint density at radius 3 is 2.68 bits per heavy atom. The summed E-state index contributed by atoms with van der Waals surface area (Å²) in [5, 5.41) is 8.40. The van der Waals surface area contributed by atoms with Crippen LogP contribution in [0.3, 0.4) is 0 Å². The fourth-order valence-corrected chi connectivity index (χ4v) is 3.35. The van der Waals surface area contributed by atoms with Gasteiger partial charge in [-0.15, -0.1) is 0 Å². The number of carbonyl (C=O) groups excluding carboxylic acids is 1. The highest BCUT2D eigenvalue weighted by Crippen LogP contribution is 2.18. The molecule has 1 aliphatic heterocycles. The molecule has 2 aromatic carbocycles. The van der Waals surface area contributed by atoms with Crippen LogP contribution in [0.25, 0.3) is 10.8 Å². The van der Waals surface area contributed by atoms with Crippen LogP contribution in [0.4, 0.5) is 5.82 Å². The molecule has 4 heteroatoms. The van der Waals surface area contributed by atoms with Crippen molar-refractivity contribution < 1.29 is 4.79 Å². The molecule has 0 aliphatic carbocycles. The quantitative estimate of drug-likeness (QED) is 0.767. The largest absolute Gasteiger partial charge is 0.316 e. The van der Waals surface area contributed by atoms with Gasteiger partial charge in [0.2, 0.25) is 0 Å². The standard InChI is InChI=1S/C21H21N3O/c25-21(24-20-12-18-3-1-2-4-19(18)14-23-20)17-7-5-15(6-8-17)11-16-9-10-22-13-16/h1-8,12,14,16,22H,9-11,13H2,(H,23,24,25). The van der Waals surface area contributed by atoms with Crippen molar-refractivity contribution in [3.8, 4) is 0 Å². The summed E-state index contributed by atoms with van der Waals surface area (Å²) in [5.74, 6) is 1.16. The van der Waals surface area contributed by atoms with Crippen molar-refractivity contribution in [2.24, 2.45) is 5.92 Å². The number of amides is 1. The van der Waals surface area contributed by atoms with Gasteiger partial charge in [-0.1, -0.05) is 36.4 Å². The first kappa shape index (κ1) is 15.8. The monoisotopic (exact) mass is 331 g/mol. The first-order valence-corrected chi connectivity index (χ1v) is 8.74. The van der Waals surface area contributed by atoms with Crippen molar-refractivity contribution in [2.75, 3.05) is 18.4 Å². The Morgan fingerprint density at radius 2 is 1.92 bits per heavy atom. The highest BCUT2D eigenvalue weighted by molar-refractivity contribution is 6.04. The minimum Gasteiger partial charge on any atom is -0.316 e. The van der Waals surface area contributed by atoms with E-state index in [2.05, 4.69) is 27.8 Å². The Kier molecular flexibility index (Phi) is 4.44. The van der Waals surface area contributed by atoms with Crippen LogP contribution in [0.15, 0.2) is 60.8 Å². The number of pyridine rings is 1. The maximum atomic E-state index is 12.4. The second kappa shape index (κ2) is 7.03. The van der Waals surface area contributed by atoms with Crippen LogP contribution in [0.5, 0.6) is 0 Å². The topological polar surface area (TPSA) is 54.0 Å². The van der Waals surface area contributed by atoms with Crippen molar-refractivity contribution >= 4 is 22.5 Å². The Morgan fingerprint density at radius 1 is 1.12 bits per heavy atom. The number of hydrogen-bond donors (Lipinski definition) is 2. The highest BCUT2D eigenvalue weighted by atomic mass is 16.1. The van der Waals surface area contributed by atoms with Gasteiger partial charge in [-0.05, 0) is 61.0 Å². The van der Waals surface area contributed by atoms with E-state index in [-0.39, 0.29) is 5.91 Å². The number of rotatable bonds is 4. The Labute approximate surface area is 147 Å². The zero-order valence-electron chi connectivity index (χ0n) is 14.0. The molecular formula is C21H21N3O. The van der Waals surface area contributed by atoms with Gasteiger partial charge >= 0.3 is 0 Å². The van der Waals surface area contributed by atoms with E-state index in [0.29, 0.717) is 17.3 Å². The molecule has 1 aliphatic rings. The Hall–Kier alpha value is -2.72. The summed E-state index contributed by atoms with van der Waals surface area (Å²) in [6.07, 6.45) is 4.08. The predicted molar refractivity (Wildman–Crippen MR) is 101 cm³/mol. The molecule has 1 unspecified atom stereocenters. The molecule has 126 valence electrons. The lowest BCUT2D eigenvalue weighted by Crippen LogP contribution is -2.13. The van der Waals surface area contributed by atoms with Crippen molar-refractivity contribution in [1.29, 1.82) is 0 Å². The van der Waals surface area contributed by atoms with Crippen LogP contribution in [-0.2, 0) is 6.42 Å². The average Bonchev–Trinajstić information content (AvgIpc) is 3.15. The van der Waals surface area contributed by atoms with Gasteiger partial charge in [-0.2, -0.15) is 0 Å². The van der Waals surface area contributed by atoms with Crippen molar-refractivity contribution in [2.45, 2.75) is 12.8 Å². The molecular weight excluding hydrogens is 310 g/mol.